The van der Waals surface area contributed by atoms with E-state index in [1.807, 2.05) is 11.0 Å². The molecular weight excluding hydrogens is 400 g/mol. The van der Waals surface area contributed by atoms with Gasteiger partial charge < -0.3 is 19.7 Å². The molecule has 4 amide bonds. The third kappa shape index (κ3) is 6.19. The lowest BCUT2D eigenvalue weighted by Gasteiger charge is -2.34. The Kier molecular flexibility index (Phi) is 7.45. The topological polar surface area (TPSA) is 100 Å². The highest BCUT2D eigenvalue weighted by Gasteiger charge is 2.24. The van der Waals surface area contributed by atoms with Gasteiger partial charge >= 0.3 is 6.03 Å². The molecule has 0 unspecified atom stereocenters. The minimum absolute atomic E-state index is 0.0806. The summed E-state index contributed by atoms with van der Waals surface area (Å²) in [6, 6.07) is 13.4. The van der Waals surface area contributed by atoms with Gasteiger partial charge in [-0.25, -0.2) is 4.79 Å². The molecule has 1 aliphatic heterocycles. The minimum Gasteiger partial charge on any atom is -0.497 e. The van der Waals surface area contributed by atoms with Crippen molar-refractivity contribution < 1.29 is 23.9 Å². The molecule has 0 bridgehead atoms. The summed E-state index contributed by atoms with van der Waals surface area (Å²) >= 11 is 0. The summed E-state index contributed by atoms with van der Waals surface area (Å²) in [5.74, 6) is 0.577. The van der Waals surface area contributed by atoms with E-state index < -0.39 is 11.9 Å². The summed E-state index contributed by atoms with van der Waals surface area (Å²) < 4.78 is 10.5. The van der Waals surface area contributed by atoms with E-state index in [-0.39, 0.29) is 12.5 Å². The summed E-state index contributed by atoms with van der Waals surface area (Å²) in [5, 5.41) is 4.93. The van der Waals surface area contributed by atoms with Gasteiger partial charge in [0, 0.05) is 43.5 Å². The zero-order valence-electron chi connectivity index (χ0n) is 17.6. The molecule has 0 radical (unpaired) electrons. The van der Waals surface area contributed by atoms with Crippen molar-refractivity contribution in [3.63, 3.8) is 0 Å². The Hall–Kier alpha value is -3.59. The van der Waals surface area contributed by atoms with Crippen LogP contribution in [0, 0.1) is 0 Å². The molecule has 31 heavy (non-hydrogen) atoms. The second kappa shape index (κ2) is 10.4. The quantitative estimate of drug-likeness (QED) is 0.731. The standard InChI is InChI=1S/C22H26N4O5/c1-30-18-12-16(13-19(14-18)31-2)21(28)26-10-8-25(9-11-26)15-20(27)24-22(29)23-17-6-4-3-5-7-17/h3-7,12-14H,8-11,15H2,1-2H3,(H2,23,24,27,29). The molecule has 2 aromatic rings. The molecule has 2 N–H and O–H groups in total. The number of carbonyl (C=O) groups excluding carboxylic acids is 3. The molecule has 1 saturated heterocycles. The van der Waals surface area contributed by atoms with E-state index in [0.29, 0.717) is 48.9 Å². The Morgan fingerprint density at radius 3 is 2.10 bits per heavy atom. The van der Waals surface area contributed by atoms with E-state index in [2.05, 4.69) is 10.6 Å². The molecule has 3 rings (SSSR count). The number of nitrogens with one attached hydrogen (secondary N) is 2. The van der Waals surface area contributed by atoms with Crippen molar-refractivity contribution in [2.75, 3.05) is 52.3 Å². The second-order valence-corrected chi connectivity index (χ2v) is 7.04. The van der Waals surface area contributed by atoms with Crippen molar-refractivity contribution in [1.82, 2.24) is 15.1 Å². The molecule has 2 aromatic carbocycles. The number of imide groups is 1. The Balaban J connectivity index is 1.47. The number of hydrogen-bond acceptors (Lipinski definition) is 6. The number of anilines is 1. The van der Waals surface area contributed by atoms with Crippen molar-refractivity contribution in [3.8, 4) is 11.5 Å². The number of benzene rings is 2. The van der Waals surface area contributed by atoms with E-state index >= 15 is 0 Å². The van der Waals surface area contributed by atoms with E-state index in [1.165, 1.54) is 14.2 Å². The van der Waals surface area contributed by atoms with Crippen LogP contribution in [-0.2, 0) is 4.79 Å². The number of ether oxygens (including phenoxy) is 2. The summed E-state index contributed by atoms with van der Waals surface area (Å²) in [6.45, 7) is 2.09. The zero-order valence-corrected chi connectivity index (χ0v) is 17.6. The second-order valence-electron chi connectivity index (χ2n) is 7.04. The lowest BCUT2D eigenvalue weighted by Crippen LogP contribution is -2.51. The molecule has 0 atom stereocenters. The first kappa shape index (κ1) is 22.1. The maximum Gasteiger partial charge on any atom is 0.325 e. The summed E-state index contributed by atoms with van der Waals surface area (Å²) in [4.78, 5) is 40.6. The third-order valence-electron chi connectivity index (χ3n) is 4.91. The van der Waals surface area contributed by atoms with Crippen LogP contribution in [0.15, 0.2) is 48.5 Å². The van der Waals surface area contributed by atoms with E-state index in [4.69, 9.17) is 9.47 Å². The highest BCUT2D eigenvalue weighted by Crippen LogP contribution is 2.23. The number of methoxy groups -OCH3 is 2. The zero-order chi connectivity index (χ0) is 22.2. The highest BCUT2D eigenvalue weighted by atomic mass is 16.5. The van der Waals surface area contributed by atoms with Gasteiger partial charge in [0.1, 0.15) is 11.5 Å². The first-order chi connectivity index (χ1) is 15.0. The van der Waals surface area contributed by atoms with Crippen molar-refractivity contribution in [2.24, 2.45) is 0 Å². The van der Waals surface area contributed by atoms with Gasteiger partial charge in [-0.3, -0.25) is 19.8 Å². The highest BCUT2D eigenvalue weighted by molar-refractivity contribution is 6.01. The van der Waals surface area contributed by atoms with Gasteiger partial charge in [-0.15, -0.1) is 0 Å². The molecule has 9 heteroatoms. The smallest absolute Gasteiger partial charge is 0.325 e. The van der Waals surface area contributed by atoms with Gasteiger partial charge in [0.25, 0.3) is 5.91 Å². The summed E-state index contributed by atoms with van der Waals surface area (Å²) in [6.07, 6.45) is 0. The largest absolute Gasteiger partial charge is 0.497 e. The van der Waals surface area contributed by atoms with Crippen LogP contribution in [0.25, 0.3) is 0 Å². The van der Waals surface area contributed by atoms with Gasteiger partial charge in [-0.1, -0.05) is 18.2 Å². The van der Waals surface area contributed by atoms with Gasteiger partial charge in [-0.05, 0) is 24.3 Å². The molecule has 0 aliphatic carbocycles. The molecule has 9 nitrogen and oxygen atoms in total. The molecular formula is C22H26N4O5. The van der Waals surface area contributed by atoms with E-state index in [9.17, 15) is 14.4 Å². The van der Waals surface area contributed by atoms with Crippen LogP contribution in [-0.4, -0.2) is 74.6 Å². The monoisotopic (exact) mass is 426 g/mol. The molecule has 1 fully saturated rings. The Bertz CT molecular complexity index is 905. The van der Waals surface area contributed by atoms with Crippen LogP contribution in [0.4, 0.5) is 10.5 Å². The van der Waals surface area contributed by atoms with Gasteiger partial charge in [0.15, 0.2) is 0 Å². The molecule has 0 spiro atoms. The van der Waals surface area contributed by atoms with Crippen molar-refractivity contribution in [2.45, 2.75) is 0 Å². The molecule has 164 valence electrons. The number of carbonyl (C=O) groups is 3. The number of amides is 4. The minimum atomic E-state index is -0.572. The number of piperazine rings is 1. The summed E-state index contributed by atoms with van der Waals surface area (Å²) in [7, 11) is 3.07. The van der Waals surface area contributed by atoms with Crippen LogP contribution < -0.4 is 20.1 Å². The lowest BCUT2D eigenvalue weighted by atomic mass is 10.1. The van der Waals surface area contributed by atoms with Crippen molar-refractivity contribution in [3.05, 3.63) is 54.1 Å². The summed E-state index contributed by atoms with van der Waals surface area (Å²) in [5.41, 5.74) is 1.09. The fourth-order valence-corrected chi connectivity index (χ4v) is 3.28. The fourth-order valence-electron chi connectivity index (χ4n) is 3.28. The normalized spacial score (nSPS) is 13.9. The fraction of sp³-hybridized carbons (Fsp3) is 0.318. The predicted octanol–water partition coefficient (Wildman–Crippen LogP) is 1.81. The van der Waals surface area contributed by atoms with Gasteiger partial charge in [-0.2, -0.15) is 0 Å². The average Bonchev–Trinajstić information content (AvgIpc) is 2.79. The predicted molar refractivity (Wildman–Crippen MR) is 115 cm³/mol. The Labute approximate surface area is 180 Å². The Morgan fingerprint density at radius 2 is 1.52 bits per heavy atom. The molecule has 0 saturated carbocycles. The number of urea groups is 1. The molecule has 1 aliphatic rings. The first-order valence-electron chi connectivity index (χ1n) is 9.89. The number of para-hydroxylation sites is 1. The lowest BCUT2D eigenvalue weighted by molar-refractivity contribution is -0.121. The Morgan fingerprint density at radius 1 is 0.903 bits per heavy atom. The molecule has 1 heterocycles. The first-order valence-corrected chi connectivity index (χ1v) is 9.89. The van der Waals surface area contributed by atoms with Crippen LogP contribution in [0.1, 0.15) is 10.4 Å². The van der Waals surface area contributed by atoms with Crippen LogP contribution >= 0.6 is 0 Å². The van der Waals surface area contributed by atoms with Crippen LogP contribution in [0.5, 0.6) is 11.5 Å². The van der Waals surface area contributed by atoms with E-state index in [1.54, 1.807) is 47.4 Å². The maximum atomic E-state index is 12.8. The van der Waals surface area contributed by atoms with Crippen LogP contribution in [0.3, 0.4) is 0 Å². The number of rotatable bonds is 6. The number of nitrogens with zero attached hydrogens (tertiary/aromatic N) is 2. The van der Waals surface area contributed by atoms with Crippen molar-refractivity contribution >= 4 is 23.5 Å². The van der Waals surface area contributed by atoms with E-state index in [0.717, 1.165) is 0 Å². The SMILES string of the molecule is COc1cc(OC)cc(C(=O)N2CCN(CC(=O)NC(=O)Nc3ccccc3)CC2)c1. The van der Waals surface area contributed by atoms with Gasteiger partial charge in [0.05, 0.1) is 20.8 Å². The van der Waals surface area contributed by atoms with Crippen LogP contribution in [0.2, 0.25) is 0 Å². The molecule has 0 aromatic heterocycles. The van der Waals surface area contributed by atoms with Crippen molar-refractivity contribution in [1.29, 1.82) is 0 Å². The average molecular weight is 426 g/mol. The number of hydrogen-bond donors (Lipinski definition) is 2. The third-order valence-corrected chi connectivity index (χ3v) is 4.91. The maximum absolute atomic E-state index is 12.8. The van der Waals surface area contributed by atoms with Gasteiger partial charge in [0.2, 0.25) is 5.91 Å².